The molecule has 2 aromatic heterocycles. The number of aromatic hydroxyl groups is 1. The molecule has 200 valence electrons. The Morgan fingerprint density at radius 3 is 2.15 bits per heavy atom. The molecular formula is C26H20ClN3O8S. The van der Waals surface area contributed by atoms with Gasteiger partial charge in [0.2, 0.25) is 11.0 Å². The molecule has 5 rings (SSSR count). The summed E-state index contributed by atoms with van der Waals surface area (Å²) in [4.78, 5) is 7.42. The lowest BCUT2D eigenvalue weighted by atomic mass is 10.1. The minimum Gasteiger partial charge on any atom is -0.508 e. The Labute approximate surface area is 224 Å². The zero-order valence-corrected chi connectivity index (χ0v) is 21.4. The number of anilines is 1. The molecule has 0 radical (unpaired) electrons. The molecular weight excluding hydrogens is 550 g/mol. The van der Waals surface area contributed by atoms with E-state index in [1.807, 2.05) is 36.4 Å². The Balaban J connectivity index is 0.000000648. The molecule has 0 saturated carbocycles. The van der Waals surface area contributed by atoms with Crippen LogP contribution in [0.3, 0.4) is 0 Å². The van der Waals surface area contributed by atoms with Crippen molar-refractivity contribution in [1.82, 2.24) is 4.98 Å². The van der Waals surface area contributed by atoms with Crippen LogP contribution in [0, 0.1) is 10.2 Å². The molecule has 39 heavy (non-hydrogen) atoms. The summed E-state index contributed by atoms with van der Waals surface area (Å²) in [6.45, 7) is 0. The first kappa shape index (κ1) is 27.7. The van der Waals surface area contributed by atoms with Gasteiger partial charge in [-0.2, -0.15) is 0 Å². The third-order valence-corrected chi connectivity index (χ3v) is 6.53. The van der Waals surface area contributed by atoms with Crippen molar-refractivity contribution in [2.75, 3.05) is 4.72 Å². The highest BCUT2D eigenvalue weighted by Gasteiger charge is 2.16. The van der Waals surface area contributed by atoms with Crippen molar-refractivity contribution in [3.8, 4) is 17.1 Å². The molecule has 3 N–H and O–H groups in total. The molecule has 13 heteroatoms. The topological polar surface area (TPSA) is 199 Å². The summed E-state index contributed by atoms with van der Waals surface area (Å²) < 4.78 is 67.8. The van der Waals surface area contributed by atoms with E-state index in [0.29, 0.717) is 27.8 Å². The number of sulfonamides is 1. The SMILES string of the molecule is O=S(=O)(Nc1ccccn1)c1ccc([NH+]=c2cc(-c3ccccc3)oc3ccc(O)cc23)cc1.[O-][Cl+3]([O-])([O-])[O-]. The van der Waals surface area contributed by atoms with Crippen molar-refractivity contribution < 1.29 is 51.8 Å². The smallest absolute Gasteiger partial charge is 0.263 e. The van der Waals surface area contributed by atoms with Crippen molar-refractivity contribution in [2.45, 2.75) is 4.90 Å². The molecule has 5 aromatic rings. The largest absolute Gasteiger partial charge is 0.508 e. The van der Waals surface area contributed by atoms with Gasteiger partial charge >= 0.3 is 0 Å². The maximum Gasteiger partial charge on any atom is 0.263 e. The molecule has 3 aromatic carbocycles. The molecule has 0 saturated heterocycles. The first-order chi connectivity index (χ1) is 18.5. The highest BCUT2D eigenvalue weighted by atomic mass is 35.7. The normalized spacial score (nSPS) is 12.1. The summed E-state index contributed by atoms with van der Waals surface area (Å²) in [7, 11) is -8.72. The first-order valence-corrected chi connectivity index (χ1v) is 13.8. The number of halogens is 1. The molecule has 11 nitrogen and oxygen atoms in total. The van der Waals surface area contributed by atoms with Gasteiger partial charge in [-0.1, -0.05) is 36.4 Å². The molecule has 0 aliphatic rings. The van der Waals surface area contributed by atoms with Gasteiger partial charge in [0.05, 0.1) is 16.3 Å². The quantitative estimate of drug-likeness (QED) is 0.227. The molecule has 0 spiro atoms. The molecule has 0 aliphatic heterocycles. The summed E-state index contributed by atoms with van der Waals surface area (Å²) in [6, 6.07) is 27.8. The fourth-order valence-corrected chi connectivity index (χ4v) is 4.52. The number of fused-ring (bicyclic) bond motifs is 1. The van der Waals surface area contributed by atoms with Crippen LogP contribution in [0.1, 0.15) is 0 Å². The Bertz CT molecular complexity index is 1730. The average Bonchev–Trinajstić information content (AvgIpc) is 2.89. The number of hydrogen-bond acceptors (Lipinski definition) is 9. The minimum atomic E-state index is -4.94. The Morgan fingerprint density at radius 1 is 0.846 bits per heavy atom. The van der Waals surface area contributed by atoms with Gasteiger partial charge in [-0.05, 0) is 42.5 Å². The minimum absolute atomic E-state index is 0.110. The van der Waals surface area contributed by atoms with E-state index in [-0.39, 0.29) is 16.5 Å². The molecule has 0 amide bonds. The van der Waals surface area contributed by atoms with Gasteiger partial charge in [-0.25, -0.2) is 37.0 Å². The van der Waals surface area contributed by atoms with Crippen LogP contribution in [-0.4, -0.2) is 18.5 Å². The average molecular weight is 570 g/mol. The van der Waals surface area contributed by atoms with Crippen LogP contribution >= 0.6 is 0 Å². The van der Waals surface area contributed by atoms with Crippen molar-refractivity contribution in [1.29, 1.82) is 0 Å². The van der Waals surface area contributed by atoms with Crippen LogP contribution in [0.25, 0.3) is 22.3 Å². The van der Waals surface area contributed by atoms with E-state index in [9.17, 15) is 13.5 Å². The van der Waals surface area contributed by atoms with Gasteiger partial charge in [-0.15, -0.1) is 10.2 Å². The van der Waals surface area contributed by atoms with Gasteiger partial charge < -0.3 is 9.52 Å². The van der Waals surface area contributed by atoms with E-state index in [4.69, 9.17) is 23.1 Å². The van der Waals surface area contributed by atoms with E-state index >= 15 is 0 Å². The summed E-state index contributed by atoms with van der Waals surface area (Å²) in [6.07, 6.45) is 1.52. The molecule has 0 bridgehead atoms. The third-order valence-electron chi connectivity index (χ3n) is 5.15. The van der Waals surface area contributed by atoms with Crippen molar-refractivity contribution in [3.05, 3.63) is 109 Å². The second-order valence-electron chi connectivity index (χ2n) is 7.92. The summed E-state index contributed by atoms with van der Waals surface area (Å²) in [5.41, 5.74) is 2.18. The second-order valence-corrected chi connectivity index (χ2v) is 10.4. The molecule has 0 aliphatic carbocycles. The number of rotatable bonds is 5. The van der Waals surface area contributed by atoms with Gasteiger partial charge in [-0.3, -0.25) is 4.72 Å². The Morgan fingerprint density at radius 2 is 1.51 bits per heavy atom. The Kier molecular flexibility index (Phi) is 8.26. The summed E-state index contributed by atoms with van der Waals surface area (Å²) in [5, 5.41) is 11.4. The van der Waals surface area contributed by atoms with Gasteiger partial charge in [0.1, 0.15) is 22.9 Å². The molecule has 0 atom stereocenters. The van der Waals surface area contributed by atoms with Crippen molar-refractivity contribution >= 4 is 32.5 Å². The van der Waals surface area contributed by atoms with Crippen LogP contribution in [0.5, 0.6) is 5.75 Å². The fourth-order valence-electron chi connectivity index (χ4n) is 3.51. The van der Waals surface area contributed by atoms with Crippen LogP contribution in [-0.2, 0) is 10.0 Å². The summed E-state index contributed by atoms with van der Waals surface area (Å²) in [5.74, 6) is 1.01. The number of pyridine rings is 1. The van der Waals surface area contributed by atoms with Crippen LogP contribution < -0.4 is 33.7 Å². The van der Waals surface area contributed by atoms with Crippen LogP contribution in [0.4, 0.5) is 11.5 Å². The van der Waals surface area contributed by atoms with E-state index in [0.717, 1.165) is 5.56 Å². The van der Waals surface area contributed by atoms with E-state index < -0.39 is 20.3 Å². The summed E-state index contributed by atoms with van der Waals surface area (Å²) >= 11 is 0. The van der Waals surface area contributed by atoms with E-state index in [2.05, 4.69) is 14.7 Å². The molecule has 0 unspecified atom stereocenters. The zero-order valence-electron chi connectivity index (χ0n) is 19.9. The highest BCUT2D eigenvalue weighted by Crippen LogP contribution is 2.23. The van der Waals surface area contributed by atoms with Gasteiger partial charge in [0.15, 0.2) is 0 Å². The van der Waals surface area contributed by atoms with E-state index in [1.165, 1.54) is 18.3 Å². The van der Waals surface area contributed by atoms with Crippen LogP contribution in [0.15, 0.2) is 113 Å². The number of aromatic nitrogens is 1. The monoisotopic (exact) mass is 569 g/mol. The lowest BCUT2D eigenvalue weighted by Crippen LogP contribution is -2.70. The number of nitrogens with one attached hydrogen (secondary N) is 2. The van der Waals surface area contributed by atoms with Crippen molar-refractivity contribution in [2.24, 2.45) is 0 Å². The lowest BCUT2D eigenvalue weighted by Gasteiger charge is -2.17. The fraction of sp³-hybridized carbons (Fsp3) is 0. The first-order valence-electron chi connectivity index (χ1n) is 11.1. The predicted octanol–water partition coefficient (Wildman–Crippen LogP) is -1.44. The second kappa shape index (κ2) is 11.6. The van der Waals surface area contributed by atoms with Crippen LogP contribution in [0.2, 0.25) is 0 Å². The number of phenols is 1. The molecule has 2 heterocycles. The highest BCUT2D eigenvalue weighted by molar-refractivity contribution is 7.92. The third kappa shape index (κ3) is 7.85. The maximum absolute atomic E-state index is 12.7. The van der Waals surface area contributed by atoms with Gasteiger partial charge in [0, 0.05) is 23.9 Å². The Hall–Kier alpha value is -4.30. The lowest BCUT2D eigenvalue weighted by molar-refractivity contribution is -2.00. The molecule has 0 fully saturated rings. The van der Waals surface area contributed by atoms with Gasteiger partial charge in [0.25, 0.3) is 10.0 Å². The predicted molar refractivity (Wildman–Crippen MR) is 129 cm³/mol. The number of phenolic OH excluding ortho intramolecular Hbond substituents is 1. The number of benzene rings is 3. The maximum atomic E-state index is 12.7. The van der Waals surface area contributed by atoms with Crippen molar-refractivity contribution in [3.63, 3.8) is 0 Å². The van der Waals surface area contributed by atoms with E-state index in [1.54, 1.807) is 48.5 Å². The zero-order chi connectivity index (χ0) is 28.0. The standard InChI is InChI=1S/C26H19N3O4S.ClHO4/c30-20-11-14-24-22(16-20)23(17-25(33-24)18-6-2-1-3-7-18)28-19-9-12-21(13-10-19)34(31,32)29-26-8-4-5-15-27-26;2-1(3,4)5/h1-17,30H,(H,27,29);(H,2,3,4,5). The number of nitrogens with zero attached hydrogens (tertiary/aromatic N) is 1. The number of hydrogen-bond donors (Lipinski definition) is 3.